The fourth-order valence-corrected chi connectivity index (χ4v) is 4.86. The molecule has 6 heteroatoms. The van der Waals surface area contributed by atoms with Gasteiger partial charge in [0.05, 0.1) is 12.1 Å². The number of nitrogens with one attached hydrogen (secondary N) is 2. The number of carbonyl (C=O) groups excluding carboxylic acids is 2. The van der Waals surface area contributed by atoms with Crippen molar-refractivity contribution in [2.24, 2.45) is 0 Å². The van der Waals surface area contributed by atoms with Crippen molar-refractivity contribution in [1.29, 1.82) is 0 Å². The number of nitrogens with zero attached hydrogens (tertiary/aromatic N) is 1. The van der Waals surface area contributed by atoms with E-state index in [-0.39, 0.29) is 24.0 Å². The molecule has 2 unspecified atom stereocenters. The lowest BCUT2D eigenvalue weighted by Crippen LogP contribution is -2.52. The van der Waals surface area contributed by atoms with Crippen molar-refractivity contribution in [3.05, 3.63) is 70.9 Å². The number of para-hydroxylation sites is 1. The molecule has 2 atom stereocenters. The highest BCUT2D eigenvalue weighted by molar-refractivity contribution is 6.03. The second-order valence-electron chi connectivity index (χ2n) is 8.55. The number of hydrogen-bond acceptors (Lipinski definition) is 3. The Hall–Kier alpha value is -3.12. The van der Waals surface area contributed by atoms with Crippen LogP contribution in [-0.4, -0.2) is 47.0 Å². The highest BCUT2D eigenvalue weighted by Gasteiger charge is 2.48. The van der Waals surface area contributed by atoms with Gasteiger partial charge in [0.2, 0.25) is 5.91 Å². The van der Waals surface area contributed by atoms with Crippen LogP contribution >= 0.6 is 0 Å². The van der Waals surface area contributed by atoms with Crippen molar-refractivity contribution in [2.75, 3.05) is 13.2 Å². The molecular weight excluding hydrogens is 390 g/mol. The first-order chi connectivity index (χ1) is 15.1. The van der Waals surface area contributed by atoms with Crippen LogP contribution in [0.4, 0.5) is 0 Å². The Kier molecular flexibility index (Phi) is 5.02. The highest BCUT2D eigenvalue weighted by Crippen LogP contribution is 2.46. The summed E-state index contributed by atoms with van der Waals surface area (Å²) < 4.78 is 5.56. The summed E-state index contributed by atoms with van der Waals surface area (Å²) in [5.74, 6) is -0.181. The second kappa shape index (κ2) is 7.85. The molecule has 2 aliphatic heterocycles. The summed E-state index contributed by atoms with van der Waals surface area (Å²) in [6.45, 7) is 5.13. The number of aromatic nitrogens is 1. The second-order valence-corrected chi connectivity index (χ2v) is 8.55. The van der Waals surface area contributed by atoms with Gasteiger partial charge >= 0.3 is 0 Å². The molecule has 0 radical (unpaired) electrons. The number of fused-ring (bicyclic) bond motifs is 7. The molecule has 2 N–H and O–H groups in total. The average Bonchev–Trinajstić information content (AvgIpc) is 3.28. The molecule has 0 fully saturated rings. The monoisotopic (exact) mass is 417 g/mol. The van der Waals surface area contributed by atoms with Crippen molar-refractivity contribution in [1.82, 2.24) is 15.2 Å². The first-order valence-corrected chi connectivity index (χ1v) is 11.0. The third kappa shape index (κ3) is 3.31. The zero-order valence-electron chi connectivity index (χ0n) is 17.9. The molecular formula is C25H27N3O3. The molecule has 160 valence electrons. The van der Waals surface area contributed by atoms with E-state index in [0.29, 0.717) is 25.1 Å². The zero-order chi connectivity index (χ0) is 21.5. The smallest absolute Gasteiger partial charge is 0.255 e. The van der Waals surface area contributed by atoms with E-state index < -0.39 is 6.04 Å². The van der Waals surface area contributed by atoms with Gasteiger partial charge in [0.25, 0.3) is 5.91 Å². The molecule has 0 spiro atoms. The van der Waals surface area contributed by atoms with E-state index in [1.807, 2.05) is 56.3 Å². The third-order valence-corrected chi connectivity index (χ3v) is 6.23. The summed E-state index contributed by atoms with van der Waals surface area (Å²) in [6.07, 6.45) is 1.42. The van der Waals surface area contributed by atoms with Gasteiger partial charge in [-0.3, -0.25) is 9.59 Å². The summed E-state index contributed by atoms with van der Waals surface area (Å²) >= 11 is 0. The number of aromatic amines is 1. The first-order valence-electron chi connectivity index (χ1n) is 11.0. The SMILES string of the molecule is CC(C)OCCCNC(=O)C1Cc2c([nH]c3ccccc23)C2c3ccccc3C(=O)N12. The lowest BCUT2D eigenvalue weighted by atomic mass is 9.90. The summed E-state index contributed by atoms with van der Waals surface area (Å²) in [5, 5.41) is 4.16. The molecule has 6 nitrogen and oxygen atoms in total. The molecule has 0 saturated carbocycles. The van der Waals surface area contributed by atoms with E-state index in [2.05, 4.69) is 16.4 Å². The molecule has 0 aliphatic carbocycles. The Bertz CT molecular complexity index is 1150. The largest absolute Gasteiger partial charge is 0.379 e. The molecule has 2 amide bonds. The lowest BCUT2D eigenvalue weighted by molar-refractivity contribution is -0.126. The van der Waals surface area contributed by atoms with Crippen LogP contribution < -0.4 is 5.32 Å². The van der Waals surface area contributed by atoms with Gasteiger partial charge in [-0.25, -0.2) is 0 Å². The van der Waals surface area contributed by atoms with Crippen LogP contribution in [0.1, 0.15) is 53.5 Å². The maximum absolute atomic E-state index is 13.3. The number of benzene rings is 2. The van der Waals surface area contributed by atoms with Crippen LogP contribution in [0.5, 0.6) is 0 Å². The van der Waals surface area contributed by atoms with Crippen LogP contribution in [0.15, 0.2) is 48.5 Å². The van der Waals surface area contributed by atoms with Gasteiger partial charge in [0.15, 0.2) is 0 Å². The van der Waals surface area contributed by atoms with Gasteiger partial charge in [0.1, 0.15) is 6.04 Å². The molecule has 0 bridgehead atoms. The summed E-state index contributed by atoms with van der Waals surface area (Å²) in [6, 6.07) is 15.0. The standard InChI is InChI=1S/C25H27N3O3/c1-15(2)31-13-7-12-26-24(29)21-14-19-16-8-5-6-11-20(16)27-22(19)23-17-9-3-4-10-18(17)25(30)28(21)23/h3-6,8-11,15,21,23,27H,7,12-14H2,1-2H3,(H,26,29). The predicted molar refractivity (Wildman–Crippen MR) is 119 cm³/mol. The molecule has 0 saturated heterocycles. The summed E-state index contributed by atoms with van der Waals surface area (Å²) in [5.41, 5.74) is 4.83. The Morgan fingerprint density at radius 2 is 1.97 bits per heavy atom. The first kappa shape index (κ1) is 19.8. The molecule has 2 aliphatic rings. The summed E-state index contributed by atoms with van der Waals surface area (Å²) in [4.78, 5) is 31.9. The topological polar surface area (TPSA) is 74.4 Å². The van der Waals surface area contributed by atoms with E-state index in [1.54, 1.807) is 4.90 Å². The van der Waals surface area contributed by atoms with Crippen LogP contribution in [0, 0.1) is 0 Å². The molecule has 2 aromatic carbocycles. The predicted octanol–water partition coefficient (Wildman–Crippen LogP) is 3.57. The van der Waals surface area contributed by atoms with Gasteiger partial charge < -0.3 is 19.9 Å². The maximum Gasteiger partial charge on any atom is 0.255 e. The van der Waals surface area contributed by atoms with E-state index in [9.17, 15) is 9.59 Å². The third-order valence-electron chi connectivity index (χ3n) is 6.23. The Labute approximate surface area is 181 Å². The molecule has 1 aromatic heterocycles. The van der Waals surface area contributed by atoms with Gasteiger partial charge in [0, 0.05) is 41.7 Å². The zero-order valence-corrected chi connectivity index (χ0v) is 17.9. The quantitative estimate of drug-likeness (QED) is 0.602. The number of rotatable bonds is 6. The van der Waals surface area contributed by atoms with E-state index >= 15 is 0 Å². The van der Waals surface area contributed by atoms with E-state index in [0.717, 1.165) is 34.1 Å². The minimum absolute atomic E-state index is 0.0757. The van der Waals surface area contributed by atoms with E-state index in [1.165, 1.54) is 0 Å². The van der Waals surface area contributed by atoms with Crippen LogP contribution in [0.25, 0.3) is 10.9 Å². The lowest BCUT2D eigenvalue weighted by Gasteiger charge is -2.37. The highest BCUT2D eigenvalue weighted by atomic mass is 16.5. The van der Waals surface area contributed by atoms with Crippen LogP contribution in [-0.2, 0) is 16.0 Å². The van der Waals surface area contributed by atoms with Crippen molar-refractivity contribution in [3.8, 4) is 0 Å². The minimum atomic E-state index is -0.539. The number of amides is 2. The molecule has 31 heavy (non-hydrogen) atoms. The number of ether oxygens (including phenoxy) is 1. The van der Waals surface area contributed by atoms with Crippen LogP contribution in [0.2, 0.25) is 0 Å². The van der Waals surface area contributed by atoms with E-state index in [4.69, 9.17) is 4.74 Å². The molecule has 3 heterocycles. The number of carbonyl (C=O) groups is 2. The average molecular weight is 418 g/mol. The number of H-pyrrole nitrogens is 1. The Balaban J connectivity index is 1.48. The van der Waals surface area contributed by atoms with Crippen molar-refractivity contribution in [3.63, 3.8) is 0 Å². The number of hydrogen-bond donors (Lipinski definition) is 2. The molecule has 5 rings (SSSR count). The maximum atomic E-state index is 13.3. The Morgan fingerprint density at radius 3 is 2.81 bits per heavy atom. The van der Waals surface area contributed by atoms with Gasteiger partial charge in [-0.15, -0.1) is 0 Å². The van der Waals surface area contributed by atoms with Crippen molar-refractivity contribution in [2.45, 2.75) is 44.9 Å². The van der Waals surface area contributed by atoms with Crippen molar-refractivity contribution >= 4 is 22.7 Å². The van der Waals surface area contributed by atoms with Gasteiger partial charge in [-0.1, -0.05) is 36.4 Å². The van der Waals surface area contributed by atoms with Gasteiger partial charge in [-0.2, -0.15) is 0 Å². The fourth-order valence-electron chi connectivity index (χ4n) is 4.86. The fraction of sp³-hybridized carbons (Fsp3) is 0.360. The summed E-state index contributed by atoms with van der Waals surface area (Å²) in [7, 11) is 0. The molecule has 3 aromatic rings. The minimum Gasteiger partial charge on any atom is -0.379 e. The van der Waals surface area contributed by atoms with Crippen LogP contribution in [0.3, 0.4) is 0 Å². The van der Waals surface area contributed by atoms with Gasteiger partial charge in [-0.05, 0) is 43.5 Å². The normalized spacial score (nSPS) is 19.5. The Morgan fingerprint density at radius 1 is 1.19 bits per heavy atom. The van der Waals surface area contributed by atoms with Crippen molar-refractivity contribution < 1.29 is 14.3 Å².